The van der Waals surface area contributed by atoms with Gasteiger partial charge in [-0.15, -0.1) is 0 Å². The van der Waals surface area contributed by atoms with Crippen LogP contribution in [-0.4, -0.2) is 9.78 Å². The normalized spacial score (nSPS) is 10.6. The Hall–Kier alpha value is -1.77. The van der Waals surface area contributed by atoms with Crippen molar-refractivity contribution in [3.63, 3.8) is 0 Å². The fourth-order valence-corrected chi connectivity index (χ4v) is 1.80. The van der Waals surface area contributed by atoms with Crippen LogP contribution in [0.1, 0.15) is 18.9 Å². The van der Waals surface area contributed by atoms with Crippen LogP contribution in [0, 0.1) is 6.92 Å². The van der Waals surface area contributed by atoms with E-state index in [1.54, 1.807) is 0 Å². The van der Waals surface area contributed by atoms with Gasteiger partial charge in [0.15, 0.2) is 0 Å². The van der Waals surface area contributed by atoms with E-state index in [1.807, 2.05) is 30.1 Å². The lowest BCUT2D eigenvalue weighted by Crippen LogP contribution is -1.95. The quantitative estimate of drug-likeness (QED) is 0.800. The second-order valence-electron chi connectivity index (χ2n) is 4.08. The van der Waals surface area contributed by atoms with E-state index >= 15 is 0 Å². The Morgan fingerprint density at radius 2 is 2.19 bits per heavy atom. The van der Waals surface area contributed by atoms with Gasteiger partial charge in [0, 0.05) is 29.6 Å². The minimum absolute atomic E-state index is 0.816. The molecule has 0 aliphatic rings. The number of nitrogens with zero attached hydrogens (tertiary/aromatic N) is 2. The summed E-state index contributed by atoms with van der Waals surface area (Å²) in [6, 6.07) is 6.12. The van der Waals surface area contributed by atoms with Crippen LogP contribution < -0.4 is 5.73 Å². The number of benzene rings is 1. The summed E-state index contributed by atoms with van der Waals surface area (Å²) in [6.07, 6.45) is 5.01. The first-order valence-electron chi connectivity index (χ1n) is 5.59. The smallest absolute Gasteiger partial charge is 0.0569 e. The predicted octanol–water partition coefficient (Wildman–Crippen LogP) is 2.85. The molecule has 3 heteroatoms. The standard InChI is InChI=1S/C13H17N3/c1-3-6-16-9-11(8-15-16)12-5-4-10(2)7-13(12)14/h4-5,7-9H,3,6,14H2,1-2H3. The Labute approximate surface area is 95.9 Å². The highest BCUT2D eigenvalue weighted by Gasteiger charge is 2.05. The van der Waals surface area contributed by atoms with Crippen molar-refractivity contribution < 1.29 is 0 Å². The third-order valence-electron chi connectivity index (χ3n) is 2.60. The highest BCUT2D eigenvalue weighted by molar-refractivity contribution is 5.75. The Balaban J connectivity index is 2.35. The van der Waals surface area contributed by atoms with E-state index in [1.165, 1.54) is 5.56 Å². The molecule has 16 heavy (non-hydrogen) atoms. The zero-order valence-electron chi connectivity index (χ0n) is 9.77. The van der Waals surface area contributed by atoms with Crippen LogP contribution in [-0.2, 0) is 6.54 Å². The van der Waals surface area contributed by atoms with Crippen molar-refractivity contribution in [1.82, 2.24) is 9.78 Å². The summed E-state index contributed by atoms with van der Waals surface area (Å²) >= 11 is 0. The third-order valence-corrected chi connectivity index (χ3v) is 2.60. The molecule has 2 rings (SSSR count). The van der Waals surface area contributed by atoms with E-state index in [2.05, 4.69) is 24.2 Å². The predicted molar refractivity (Wildman–Crippen MR) is 67.1 cm³/mol. The molecular weight excluding hydrogens is 198 g/mol. The van der Waals surface area contributed by atoms with Crippen molar-refractivity contribution in [2.75, 3.05) is 5.73 Å². The summed E-state index contributed by atoms with van der Waals surface area (Å²) in [7, 11) is 0. The van der Waals surface area contributed by atoms with Crippen LogP contribution in [0.3, 0.4) is 0 Å². The van der Waals surface area contributed by atoms with Gasteiger partial charge in [0.1, 0.15) is 0 Å². The number of aryl methyl sites for hydroxylation is 2. The third kappa shape index (κ3) is 2.08. The molecule has 2 aromatic rings. The molecule has 1 aromatic carbocycles. The fraction of sp³-hybridized carbons (Fsp3) is 0.308. The molecule has 0 spiro atoms. The van der Waals surface area contributed by atoms with Crippen molar-refractivity contribution in [2.24, 2.45) is 0 Å². The van der Waals surface area contributed by atoms with Gasteiger partial charge in [0.25, 0.3) is 0 Å². The second-order valence-corrected chi connectivity index (χ2v) is 4.08. The lowest BCUT2D eigenvalue weighted by molar-refractivity contribution is 0.603. The number of rotatable bonds is 3. The molecule has 0 aliphatic heterocycles. The average Bonchev–Trinajstić information content (AvgIpc) is 2.67. The van der Waals surface area contributed by atoms with Gasteiger partial charge in [0.2, 0.25) is 0 Å². The molecule has 2 N–H and O–H groups in total. The van der Waals surface area contributed by atoms with Crippen LogP contribution in [0.2, 0.25) is 0 Å². The molecule has 3 nitrogen and oxygen atoms in total. The van der Waals surface area contributed by atoms with E-state index in [4.69, 9.17) is 5.73 Å². The maximum absolute atomic E-state index is 6.00. The van der Waals surface area contributed by atoms with Crippen LogP contribution in [0.25, 0.3) is 11.1 Å². The van der Waals surface area contributed by atoms with Gasteiger partial charge in [-0.3, -0.25) is 4.68 Å². The highest BCUT2D eigenvalue weighted by Crippen LogP contribution is 2.26. The molecule has 0 bridgehead atoms. The topological polar surface area (TPSA) is 43.8 Å². The number of anilines is 1. The summed E-state index contributed by atoms with van der Waals surface area (Å²) in [5, 5.41) is 4.31. The lowest BCUT2D eigenvalue weighted by atomic mass is 10.1. The second kappa shape index (κ2) is 4.39. The van der Waals surface area contributed by atoms with Crippen LogP contribution in [0.5, 0.6) is 0 Å². The number of hydrogen-bond acceptors (Lipinski definition) is 2. The molecule has 0 amide bonds. The maximum Gasteiger partial charge on any atom is 0.0569 e. The SMILES string of the molecule is CCCn1cc(-c2ccc(C)cc2N)cn1. The minimum Gasteiger partial charge on any atom is -0.398 e. The molecule has 0 atom stereocenters. The zero-order chi connectivity index (χ0) is 11.5. The van der Waals surface area contributed by atoms with Gasteiger partial charge in [-0.2, -0.15) is 5.10 Å². The van der Waals surface area contributed by atoms with Gasteiger partial charge in [-0.25, -0.2) is 0 Å². The minimum atomic E-state index is 0.816. The van der Waals surface area contributed by atoms with E-state index < -0.39 is 0 Å². The number of hydrogen-bond donors (Lipinski definition) is 1. The van der Waals surface area contributed by atoms with Gasteiger partial charge in [0.05, 0.1) is 6.20 Å². The molecule has 0 saturated carbocycles. The summed E-state index contributed by atoms with van der Waals surface area (Å²) < 4.78 is 1.95. The highest BCUT2D eigenvalue weighted by atomic mass is 15.3. The number of aromatic nitrogens is 2. The van der Waals surface area contributed by atoms with Crippen LogP contribution in [0.15, 0.2) is 30.6 Å². The van der Waals surface area contributed by atoms with E-state index in [0.29, 0.717) is 0 Å². The number of nitrogen functional groups attached to an aromatic ring is 1. The Morgan fingerprint density at radius 3 is 2.88 bits per heavy atom. The summed E-state index contributed by atoms with van der Waals surface area (Å²) in [6.45, 7) is 5.13. The van der Waals surface area contributed by atoms with Crippen molar-refractivity contribution in [2.45, 2.75) is 26.8 Å². The van der Waals surface area contributed by atoms with Gasteiger partial charge < -0.3 is 5.73 Å². The molecule has 0 unspecified atom stereocenters. The van der Waals surface area contributed by atoms with Crippen molar-refractivity contribution in [1.29, 1.82) is 0 Å². The zero-order valence-corrected chi connectivity index (χ0v) is 9.77. The Morgan fingerprint density at radius 1 is 1.38 bits per heavy atom. The lowest BCUT2D eigenvalue weighted by Gasteiger charge is -2.03. The Bertz CT molecular complexity index is 486. The van der Waals surface area contributed by atoms with Crippen molar-refractivity contribution in [3.8, 4) is 11.1 Å². The first kappa shape index (κ1) is 10.7. The molecule has 1 aromatic heterocycles. The first-order chi connectivity index (χ1) is 7.70. The van der Waals surface area contributed by atoms with Crippen LogP contribution >= 0.6 is 0 Å². The average molecular weight is 215 g/mol. The summed E-state index contributed by atoms with van der Waals surface area (Å²) in [4.78, 5) is 0. The molecular formula is C13H17N3. The van der Waals surface area contributed by atoms with E-state index in [9.17, 15) is 0 Å². The van der Waals surface area contributed by atoms with Gasteiger partial charge in [-0.05, 0) is 25.0 Å². The molecule has 0 radical (unpaired) electrons. The summed E-state index contributed by atoms with van der Waals surface area (Å²) in [5.41, 5.74) is 10.1. The fourth-order valence-electron chi connectivity index (χ4n) is 1.80. The molecule has 1 heterocycles. The first-order valence-corrected chi connectivity index (χ1v) is 5.59. The van der Waals surface area contributed by atoms with E-state index in [0.717, 1.165) is 29.8 Å². The van der Waals surface area contributed by atoms with Crippen molar-refractivity contribution in [3.05, 3.63) is 36.2 Å². The van der Waals surface area contributed by atoms with Gasteiger partial charge >= 0.3 is 0 Å². The van der Waals surface area contributed by atoms with E-state index in [-0.39, 0.29) is 0 Å². The summed E-state index contributed by atoms with van der Waals surface area (Å²) in [5.74, 6) is 0. The Kier molecular flexibility index (Phi) is 2.95. The maximum atomic E-state index is 6.00. The molecule has 84 valence electrons. The molecule has 0 fully saturated rings. The largest absolute Gasteiger partial charge is 0.398 e. The van der Waals surface area contributed by atoms with Crippen LogP contribution in [0.4, 0.5) is 5.69 Å². The molecule has 0 saturated heterocycles. The monoisotopic (exact) mass is 215 g/mol. The number of nitrogens with two attached hydrogens (primary N) is 1. The molecule has 0 aliphatic carbocycles. The van der Waals surface area contributed by atoms with Gasteiger partial charge in [-0.1, -0.05) is 19.1 Å². The van der Waals surface area contributed by atoms with Crippen molar-refractivity contribution >= 4 is 5.69 Å².